The Morgan fingerprint density at radius 3 is 2.92 bits per heavy atom. The molecule has 0 saturated heterocycles. The fraction of sp³-hybridized carbons (Fsp3) is 0.444. The molecule has 6 heteroatoms. The number of hydrogen-bond donors (Lipinski definition) is 3. The topological polar surface area (TPSA) is 74.2 Å². The molecule has 128 valence electrons. The third-order valence-electron chi connectivity index (χ3n) is 4.60. The fourth-order valence-electron chi connectivity index (χ4n) is 2.98. The monoisotopic (exact) mass is 331 g/mol. The summed E-state index contributed by atoms with van der Waals surface area (Å²) < 4.78 is 14.7. The number of benzene rings is 1. The van der Waals surface area contributed by atoms with Crippen molar-refractivity contribution in [1.82, 2.24) is 15.6 Å². The second kappa shape index (κ2) is 7.23. The van der Waals surface area contributed by atoms with Gasteiger partial charge in [0.1, 0.15) is 5.82 Å². The predicted molar refractivity (Wildman–Crippen MR) is 89.8 cm³/mol. The van der Waals surface area contributed by atoms with Crippen LogP contribution in [0.5, 0.6) is 0 Å². The minimum Gasteiger partial charge on any atom is -0.387 e. The maximum absolute atomic E-state index is 14.7. The lowest BCUT2D eigenvalue weighted by atomic mass is 9.92. The van der Waals surface area contributed by atoms with Gasteiger partial charge in [-0.3, -0.25) is 9.78 Å². The molecule has 1 aliphatic carbocycles. The number of nitrogens with one attached hydrogen (secondary N) is 2. The van der Waals surface area contributed by atoms with Crippen molar-refractivity contribution in [2.24, 2.45) is 0 Å². The zero-order valence-electron chi connectivity index (χ0n) is 13.7. The van der Waals surface area contributed by atoms with Gasteiger partial charge in [-0.25, -0.2) is 4.39 Å². The first-order valence-electron chi connectivity index (χ1n) is 8.27. The summed E-state index contributed by atoms with van der Waals surface area (Å²) in [5, 5.41) is 17.7. The molecule has 2 aromatic rings. The summed E-state index contributed by atoms with van der Waals surface area (Å²) in [6, 6.07) is 3.59. The van der Waals surface area contributed by atoms with Crippen LogP contribution in [0.2, 0.25) is 0 Å². The average Bonchev–Trinajstić information content (AvgIpc) is 2.52. The molecule has 0 radical (unpaired) electrons. The molecule has 5 nitrogen and oxygen atoms in total. The lowest BCUT2D eigenvalue weighted by molar-refractivity contribution is -0.119. The number of aliphatic hydroxyl groups excluding tert-OH is 1. The molecule has 3 rings (SSSR count). The second-order valence-corrected chi connectivity index (χ2v) is 6.31. The summed E-state index contributed by atoms with van der Waals surface area (Å²) in [5.41, 5.74) is 1.03. The summed E-state index contributed by atoms with van der Waals surface area (Å²) in [5.74, 6) is -0.587. The third kappa shape index (κ3) is 3.55. The van der Waals surface area contributed by atoms with Crippen LogP contribution in [0.25, 0.3) is 10.8 Å². The first kappa shape index (κ1) is 16.8. The van der Waals surface area contributed by atoms with Crippen LogP contribution in [-0.4, -0.2) is 28.6 Å². The van der Waals surface area contributed by atoms with Gasteiger partial charge in [-0.1, -0.05) is 6.42 Å². The van der Waals surface area contributed by atoms with Gasteiger partial charge in [0.25, 0.3) is 0 Å². The molecule has 3 N–H and O–H groups in total. The van der Waals surface area contributed by atoms with Crippen molar-refractivity contribution in [2.45, 2.75) is 44.9 Å². The van der Waals surface area contributed by atoms with Crippen LogP contribution in [0.1, 0.15) is 43.4 Å². The Kier molecular flexibility index (Phi) is 5.06. The molecule has 1 heterocycles. The Morgan fingerprint density at radius 1 is 1.46 bits per heavy atom. The smallest absolute Gasteiger partial charge is 0.216 e. The fourth-order valence-corrected chi connectivity index (χ4v) is 2.98. The van der Waals surface area contributed by atoms with E-state index < -0.39 is 6.10 Å². The number of amides is 1. The van der Waals surface area contributed by atoms with Crippen molar-refractivity contribution in [1.29, 1.82) is 0 Å². The molecular formula is C18H22FN3O2. The van der Waals surface area contributed by atoms with E-state index in [4.69, 9.17) is 0 Å². The van der Waals surface area contributed by atoms with E-state index in [1.165, 1.54) is 19.4 Å². The van der Waals surface area contributed by atoms with E-state index in [0.29, 0.717) is 29.1 Å². The molecule has 0 spiro atoms. The van der Waals surface area contributed by atoms with E-state index in [1.54, 1.807) is 18.5 Å². The molecule has 24 heavy (non-hydrogen) atoms. The van der Waals surface area contributed by atoms with E-state index in [9.17, 15) is 14.3 Å². The summed E-state index contributed by atoms with van der Waals surface area (Å²) in [4.78, 5) is 15.1. The summed E-state index contributed by atoms with van der Waals surface area (Å²) >= 11 is 0. The van der Waals surface area contributed by atoms with Crippen molar-refractivity contribution in [3.05, 3.63) is 41.5 Å². The zero-order chi connectivity index (χ0) is 17.1. The van der Waals surface area contributed by atoms with Gasteiger partial charge < -0.3 is 15.7 Å². The van der Waals surface area contributed by atoms with Gasteiger partial charge in [0, 0.05) is 49.4 Å². The van der Waals surface area contributed by atoms with Crippen molar-refractivity contribution in [2.75, 3.05) is 6.54 Å². The number of nitrogens with zero attached hydrogens (tertiary/aromatic N) is 1. The van der Waals surface area contributed by atoms with Crippen LogP contribution in [0, 0.1) is 5.82 Å². The molecule has 1 unspecified atom stereocenters. The number of hydrogen-bond acceptors (Lipinski definition) is 4. The van der Waals surface area contributed by atoms with E-state index in [0.717, 1.165) is 18.2 Å². The first-order valence-corrected chi connectivity index (χ1v) is 8.27. The minimum atomic E-state index is -0.983. The zero-order valence-corrected chi connectivity index (χ0v) is 13.7. The highest BCUT2D eigenvalue weighted by molar-refractivity contribution is 5.88. The van der Waals surface area contributed by atoms with E-state index in [1.807, 2.05) is 0 Å². The highest BCUT2D eigenvalue weighted by atomic mass is 19.1. The summed E-state index contributed by atoms with van der Waals surface area (Å²) in [6.07, 6.45) is 5.76. The van der Waals surface area contributed by atoms with Gasteiger partial charge in [0.15, 0.2) is 0 Å². The normalized spacial score (nSPS) is 16.0. The molecule has 1 saturated carbocycles. The molecule has 0 bridgehead atoms. The molecular weight excluding hydrogens is 309 g/mol. The SMILES string of the molecule is CC(=O)NCC(O)c1cc(F)c(CNC2CCC2)c2ccncc12. The van der Waals surface area contributed by atoms with Crippen LogP contribution in [0.3, 0.4) is 0 Å². The minimum absolute atomic E-state index is 0.0401. The van der Waals surface area contributed by atoms with Crippen LogP contribution in [-0.2, 0) is 11.3 Å². The lowest BCUT2D eigenvalue weighted by Crippen LogP contribution is -2.34. The molecule has 1 fully saturated rings. The quantitative estimate of drug-likeness (QED) is 0.758. The van der Waals surface area contributed by atoms with Crippen molar-refractivity contribution >= 4 is 16.7 Å². The number of carbonyl (C=O) groups is 1. The number of carbonyl (C=O) groups excluding carboxylic acids is 1. The molecule has 0 aliphatic heterocycles. The number of fused-ring (bicyclic) bond motifs is 1. The largest absolute Gasteiger partial charge is 0.387 e. The Bertz CT molecular complexity index is 746. The molecule has 1 aliphatic rings. The molecule has 1 atom stereocenters. The Balaban J connectivity index is 1.92. The first-order chi connectivity index (χ1) is 11.6. The van der Waals surface area contributed by atoms with Crippen molar-refractivity contribution in [3.8, 4) is 0 Å². The maximum Gasteiger partial charge on any atom is 0.216 e. The second-order valence-electron chi connectivity index (χ2n) is 6.31. The van der Waals surface area contributed by atoms with Gasteiger partial charge in [-0.15, -0.1) is 0 Å². The van der Waals surface area contributed by atoms with Crippen molar-refractivity contribution in [3.63, 3.8) is 0 Å². The highest BCUT2D eigenvalue weighted by Crippen LogP contribution is 2.29. The van der Waals surface area contributed by atoms with Gasteiger partial charge in [0.2, 0.25) is 5.91 Å². The maximum atomic E-state index is 14.7. The van der Waals surface area contributed by atoms with Gasteiger partial charge in [-0.05, 0) is 35.9 Å². The number of pyridine rings is 1. The number of halogens is 1. The van der Waals surface area contributed by atoms with E-state index in [2.05, 4.69) is 15.6 Å². The van der Waals surface area contributed by atoms with Crippen LogP contribution in [0.4, 0.5) is 4.39 Å². The molecule has 1 aromatic heterocycles. The third-order valence-corrected chi connectivity index (χ3v) is 4.60. The van der Waals surface area contributed by atoms with Gasteiger partial charge in [0.05, 0.1) is 6.10 Å². The highest BCUT2D eigenvalue weighted by Gasteiger charge is 2.20. The standard InChI is InChI=1S/C18H22FN3O2/c1-11(23)21-10-18(24)14-7-17(19)16(9-22-12-3-2-4-12)13-5-6-20-8-15(13)14/h5-8,12,18,22,24H,2-4,9-10H2,1H3,(H,21,23). The average molecular weight is 331 g/mol. The van der Waals surface area contributed by atoms with E-state index in [-0.39, 0.29) is 18.3 Å². The van der Waals surface area contributed by atoms with Crippen LogP contribution >= 0.6 is 0 Å². The Hall–Kier alpha value is -2.05. The Labute approximate surface area is 140 Å². The summed E-state index contributed by atoms with van der Waals surface area (Å²) in [6.45, 7) is 1.87. The predicted octanol–water partition coefficient (Wildman–Crippen LogP) is 2.19. The van der Waals surface area contributed by atoms with Crippen LogP contribution < -0.4 is 10.6 Å². The number of aliphatic hydroxyl groups is 1. The Morgan fingerprint density at radius 2 is 2.25 bits per heavy atom. The number of rotatable bonds is 6. The number of aromatic nitrogens is 1. The lowest BCUT2D eigenvalue weighted by Gasteiger charge is -2.27. The molecule has 1 aromatic carbocycles. The molecule has 1 amide bonds. The van der Waals surface area contributed by atoms with Gasteiger partial charge in [-0.2, -0.15) is 0 Å². The van der Waals surface area contributed by atoms with Gasteiger partial charge >= 0.3 is 0 Å². The van der Waals surface area contributed by atoms with Crippen LogP contribution in [0.15, 0.2) is 24.5 Å². The summed E-state index contributed by atoms with van der Waals surface area (Å²) in [7, 11) is 0. The van der Waals surface area contributed by atoms with Crippen molar-refractivity contribution < 1.29 is 14.3 Å². The van der Waals surface area contributed by atoms with E-state index >= 15 is 0 Å².